The molecule has 2 aromatic rings. The van der Waals surface area contributed by atoms with E-state index < -0.39 is 10.0 Å². The zero-order chi connectivity index (χ0) is 18.1. The number of anilines is 1. The Bertz CT molecular complexity index is 885. The normalized spacial score (nSPS) is 17.8. The molecule has 0 aliphatic carbocycles. The number of hydrogen-bond acceptors (Lipinski definition) is 4. The van der Waals surface area contributed by atoms with E-state index in [9.17, 15) is 8.42 Å². The molecule has 0 N–H and O–H groups in total. The molecule has 1 aromatic carbocycles. The molecule has 26 heavy (non-hydrogen) atoms. The lowest BCUT2D eigenvalue weighted by atomic mass is 10.2. The molecule has 0 saturated carbocycles. The Morgan fingerprint density at radius 2 is 1.96 bits per heavy atom. The number of benzene rings is 1. The van der Waals surface area contributed by atoms with Crippen LogP contribution in [0, 0.1) is 0 Å². The first-order chi connectivity index (χ1) is 12.6. The standard InChI is InChI=1S/C19H26N4O2S/c1-2-22-15-16(14-20-22)7-11-21-12-8-17-5-6-18(13-19(17)21)26(24,25)23-9-3-4-10-23/h5-6,13-15H,2-4,7-12H2,1H3. The van der Waals surface area contributed by atoms with Gasteiger partial charge in [-0.3, -0.25) is 4.68 Å². The molecule has 0 unspecified atom stereocenters. The molecule has 0 bridgehead atoms. The van der Waals surface area contributed by atoms with Crippen LogP contribution in [-0.2, 0) is 29.4 Å². The number of fused-ring (bicyclic) bond motifs is 1. The van der Waals surface area contributed by atoms with Crippen molar-refractivity contribution in [1.82, 2.24) is 14.1 Å². The zero-order valence-electron chi connectivity index (χ0n) is 15.3. The molecule has 4 rings (SSSR count). The van der Waals surface area contributed by atoms with Crippen molar-refractivity contribution in [2.24, 2.45) is 0 Å². The summed E-state index contributed by atoms with van der Waals surface area (Å²) in [5, 5.41) is 4.33. The van der Waals surface area contributed by atoms with Gasteiger partial charge in [0.2, 0.25) is 10.0 Å². The van der Waals surface area contributed by atoms with Crippen LogP contribution in [0.15, 0.2) is 35.5 Å². The molecular weight excluding hydrogens is 348 g/mol. The van der Waals surface area contributed by atoms with Crippen LogP contribution in [0.2, 0.25) is 0 Å². The SMILES string of the molecule is CCn1cc(CCN2CCc3ccc(S(=O)(=O)N4CCCC4)cc32)cn1. The smallest absolute Gasteiger partial charge is 0.243 e. The molecule has 1 saturated heterocycles. The fourth-order valence-corrected chi connectivity index (χ4v) is 5.41. The van der Waals surface area contributed by atoms with Gasteiger partial charge in [-0.15, -0.1) is 0 Å². The second-order valence-corrected chi connectivity index (χ2v) is 9.03. The van der Waals surface area contributed by atoms with Gasteiger partial charge in [-0.25, -0.2) is 8.42 Å². The van der Waals surface area contributed by atoms with Gasteiger partial charge in [-0.05, 0) is 55.9 Å². The molecule has 140 valence electrons. The Hall–Kier alpha value is -1.86. The third-order valence-corrected chi connectivity index (χ3v) is 7.33. The molecule has 3 heterocycles. The summed E-state index contributed by atoms with van der Waals surface area (Å²) in [5.41, 5.74) is 3.55. The second-order valence-electron chi connectivity index (χ2n) is 7.09. The summed E-state index contributed by atoms with van der Waals surface area (Å²) in [6.07, 6.45) is 7.83. The van der Waals surface area contributed by atoms with Gasteiger partial charge in [0.25, 0.3) is 0 Å². The van der Waals surface area contributed by atoms with Crippen LogP contribution >= 0.6 is 0 Å². The Morgan fingerprint density at radius 1 is 1.15 bits per heavy atom. The molecule has 2 aliphatic rings. The van der Waals surface area contributed by atoms with Gasteiger partial charge in [0.05, 0.1) is 11.1 Å². The Balaban J connectivity index is 1.52. The van der Waals surface area contributed by atoms with Crippen LogP contribution in [0.1, 0.15) is 30.9 Å². The fourth-order valence-electron chi connectivity index (χ4n) is 3.87. The van der Waals surface area contributed by atoms with Gasteiger partial charge in [-0.1, -0.05) is 6.07 Å². The lowest BCUT2D eigenvalue weighted by Gasteiger charge is -2.21. The summed E-state index contributed by atoms with van der Waals surface area (Å²) in [4.78, 5) is 2.74. The highest BCUT2D eigenvalue weighted by Gasteiger charge is 2.29. The van der Waals surface area contributed by atoms with E-state index in [2.05, 4.69) is 23.1 Å². The van der Waals surface area contributed by atoms with Crippen LogP contribution in [0.3, 0.4) is 0 Å². The van der Waals surface area contributed by atoms with Crippen LogP contribution in [-0.4, -0.2) is 48.7 Å². The summed E-state index contributed by atoms with van der Waals surface area (Å²) in [5.74, 6) is 0. The van der Waals surface area contributed by atoms with Gasteiger partial charge in [0, 0.05) is 44.6 Å². The Kier molecular flexibility index (Phi) is 4.75. The molecule has 6 nitrogen and oxygen atoms in total. The first-order valence-electron chi connectivity index (χ1n) is 9.47. The minimum Gasteiger partial charge on any atom is -0.371 e. The van der Waals surface area contributed by atoms with E-state index in [1.54, 1.807) is 10.4 Å². The van der Waals surface area contributed by atoms with Crippen LogP contribution < -0.4 is 4.90 Å². The van der Waals surface area contributed by atoms with Crippen LogP contribution in [0.4, 0.5) is 5.69 Å². The molecule has 7 heteroatoms. The van der Waals surface area contributed by atoms with Gasteiger partial charge < -0.3 is 4.90 Å². The maximum absolute atomic E-state index is 12.9. The number of aromatic nitrogens is 2. The van der Waals surface area contributed by atoms with Gasteiger partial charge >= 0.3 is 0 Å². The van der Waals surface area contributed by atoms with E-state index in [1.807, 2.05) is 23.0 Å². The predicted octanol–water partition coefficient (Wildman–Crippen LogP) is 2.29. The molecule has 0 atom stereocenters. The number of rotatable bonds is 6. The third kappa shape index (κ3) is 3.25. The zero-order valence-corrected chi connectivity index (χ0v) is 16.1. The van der Waals surface area contributed by atoms with Crippen LogP contribution in [0.5, 0.6) is 0 Å². The van der Waals surface area contributed by atoms with E-state index in [0.717, 1.165) is 51.0 Å². The molecule has 0 spiro atoms. The summed E-state index contributed by atoms with van der Waals surface area (Å²) in [6, 6.07) is 5.65. The highest BCUT2D eigenvalue weighted by atomic mass is 32.2. The van der Waals surface area contributed by atoms with Crippen molar-refractivity contribution in [2.45, 2.75) is 44.0 Å². The monoisotopic (exact) mass is 374 g/mol. The number of aryl methyl sites for hydroxylation is 1. The molecule has 0 radical (unpaired) electrons. The van der Waals surface area contributed by atoms with Crippen molar-refractivity contribution in [2.75, 3.05) is 31.1 Å². The Labute approximate surface area is 155 Å². The first kappa shape index (κ1) is 17.5. The topological polar surface area (TPSA) is 58.4 Å². The number of hydrogen-bond donors (Lipinski definition) is 0. The van der Waals surface area contributed by atoms with Gasteiger partial charge in [-0.2, -0.15) is 9.40 Å². The summed E-state index contributed by atoms with van der Waals surface area (Å²) in [7, 11) is -3.36. The largest absolute Gasteiger partial charge is 0.371 e. The van der Waals surface area contributed by atoms with E-state index >= 15 is 0 Å². The minimum absolute atomic E-state index is 0.434. The van der Waals surface area contributed by atoms with Crippen molar-refractivity contribution < 1.29 is 8.42 Å². The van der Waals surface area contributed by atoms with E-state index in [-0.39, 0.29) is 0 Å². The highest BCUT2D eigenvalue weighted by Crippen LogP contribution is 2.32. The highest BCUT2D eigenvalue weighted by molar-refractivity contribution is 7.89. The van der Waals surface area contributed by atoms with Gasteiger partial charge in [0.1, 0.15) is 0 Å². The molecule has 2 aliphatic heterocycles. The van der Waals surface area contributed by atoms with E-state index in [0.29, 0.717) is 18.0 Å². The van der Waals surface area contributed by atoms with Crippen molar-refractivity contribution in [3.05, 3.63) is 41.7 Å². The van der Waals surface area contributed by atoms with Gasteiger partial charge in [0.15, 0.2) is 0 Å². The van der Waals surface area contributed by atoms with Crippen molar-refractivity contribution in [1.29, 1.82) is 0 Å². The average molecular weight is 375 g/mol. The van der Waals surface area contributed by atoms with Crippen LogP contribution in [0.25, 0.3) is 0 Å². The maximum Gasteiger partial charge on any atom is 0.243 e. The summed E-state index contributed by atoms with van der Waals surface area (Å²) < 4.78 is 29.3. The first-order valence-corrected chi connectivity index (χ1v) is 10.9. The fraction of sp³-hybridized carbons (Fsp3) is 0.526. The second kappa shape index (κ2) is 7.04. The maximum atomic E-state index is 12.9. The van der Waals surface area contributed by atoms with Crippen molar-refractivity contribution >= 4 is 15.7 Å². The lowest BCUT2D eigenvalue weighted by molar-refractivity contribution is 0.477. The summed E-state index contributed by atoms with van der Waals surface area (Å²) >= 11 is 0. The molecule has 1 aromatic heterocycles. The molecular formula is C19H26N4O2S. The average Bonchev–Trinajstić information content (AvgIpc) is 3.39. The molecule has 0 amide bonds. The quantitative estimate of drug-likeness (QED) is 0.778. The summed E-state index contributed by atoms with van der Waals surface area (Å²) in [6.45, 7) is 6.08. The number of sulfonamides is 1. The number of nitrogens with zero attached hydrogens (tertiary/aromatic N) is 4. The van der Waals surface area contributed by atoms with E-state index in [4.69, 9.17) is 0 Å². The molecule has 1 fully saturated rings. The van der Waals surface area contributed by atoms with Crippen molar-refractivity contribution in [3.63, 3.8) is 0 Å². The minimum atomic E-state index is -3.36. The van der Waals surface area contributed by atoms with E-state index in [1.165, 1.54) is 11.1 Å². The predicted molar refractivity (Wildman–Crippen MR) is 102 cm³/mol. The lowest BCUT2D eigenvalue weighted by Crippen LogP contribution is -2.28. The van der Waals surface area contributed by atoms with Crippen molar-refractivity contribution in [3.8, 4) is 0 Å². The third-order valence-electron chi connectivity index (χ3n) is 5.43. The Morgan fingerprint density at radius 3 is 2.69 bits per heavy atom.